The van der Waals surface area contributed by atoms with Gasteiger partial charge in [0, 0.05) is 22.6 Å². The highest BCUT2D eigenvalue weighted by atomic mass is 32.1. The quantitative estimate of drug-likeness (QED) is 0.122. The Balaban J connectivity index is 0.000000271. The Morgan fingerprint density at radius 3 is 1.47 bits per heavy atom. The van der Waals surface area contributed by atoms with Crippen molar-refractivity contribution in [3.05, 3.63) is 102 Å². The zero-order valence-corrected chi connectivity index (χ0v) is 35.5. The second-order valence-corrected chi connectivity index (χ2v) is 18.3. The van der Waals surface area contributed by atoms with Crippen molar-refractivity contribution in [1.82, 2.24) is 0 Å². The van der Waals surface area contributed by atoms with Crippen molar-refractivity contribution in [2.45, 2.75) is 110 Å². The van der Waals surface area contributed by atoms with Crippen LogP contribution in [0.2, 0.25) is 0 Å². The first-order chi connectivity index (χ1) is 27.6. The molecule has 0 fully saturated rings. The Morgan fingerprint density at radius 2 is 1.06 bits per heavy atom. The second-order valence-electron chi connectivity index (χ2n) is 16.2. The lowest BCUT2D eigenvalue weighted by molar-refractivity contribution is -0.138. The van der Waals surface area contributed by atoms with E-state index in [0.29, 0.717) is 46.0 Å². The van der Waals surface area contributed by atoms with E-state index in [-0.39, 0.29) is 35.7 Å². The molecule has 0 unspecified atom stereocenters. The third-order valence-corrected chi connectivity index (χ3v) is 12.0. The minimum atomic E-state index is -4.93. The van der Waals surface area contributed by atoms with Crippen molar-refractivity contribution in [2.75, 3.05) is 11.1 Å². The van der Waals surface area contributed by atoms with E-state index in [9.17, 15) is 54.3 Å². The van der Waals surface area contributed by atoms with Gasteiger partial charge in [0.25, 0.3) is 17.7 Å². The number of primary amides is 2. The fourth-order valence-electron chi connectivity index (χ4n) is 7.33. The Kier molecular flexibility index (Phi) is 14.5. The molecule has 11 nitrogen and oxygen atoms in total. The van der Waals surface area contributed by atoms with Gasteiger partial charge in [0.15, 0.2) is 0 Å². The van der Waals surface area contributed by atoms with Crippen LogP contribution < -0.4 is 22.5 Å². The number of carbonyl (C=O) groups is 4. The van der Waals surface area contributed by atoms with Gasteiger partial charge in [0.2, 0.25) is 0 Å². The van der Waals surface area contributed by atoms with Gasteiger partial charge < -0.3 is 37.1 Å². The molecule has 2 aliphatic rings. The lowest BCUT2D eigenvalue weighted by Crippen LogP contribution is -2.42. The molecule has 2 aliphatic heterocycles. The zero-order valence-electron chi connectivity index (χ0n) is 33.8. The number of ether oxygens (including phenoxy) is 2. The van der Waals surface area contributed by atoms with Crippen LogP contribution in [0.4, 0.5) is 45.1 Å². The number of benzene rings is 2. The summed E-state index contributed by atoms with van der Waals surface area (Å²) in [7, 11) is 0. The number of rotatable bonds is 5. The maximum absolute atomic E-state index is 13.3. The summed E-state index contributed by atoms with van der Waals surface area (Å²) in [5.74, 6) is -6.37. The van der Waals surface area contributed by atoms with E-state index < -0.39 is 86.7 Å². The third kappa shape index (κ3) is 11.3. The van der Waals surface area contributed by atoms with Crippen LogP contribution in [0.5, 0.6) is 0 Å². The van der Waals surface area contributed by atoms with Gasteiger partial charge in [0.1, 0.15) is 16.6 Å². The molecule has 3 amide bonds. The monoisotopic (exact) mass is 922 g/mol. The summed E-state index contributed by atoms with van der Waals surface area (Å²) in [6.45, 7) is 15.3. The van der Waals surface area contributed by atoms with Crippen molar-refractivity contribution < 1.29 is 68.9 Å². The average Bonchev–Trinajstić information content (AvgIpc) is 3.60. The summed E-state index contributed by atoms with van der Waals surface area (Å²) >= 11 is 2.43. The molecule has 0 atom stereocenters. The molecule has 0 bridgehead atoms. The van der Waals surface area contributed by atoms with Crippen molar-refractivity contribution >= 4 is 56.4 Å². The standard InChI is InChI=1S/C20H20F4N2O3S.C12H18N2O2S.C8H4F4O2.CH4/c1-18(2)8-11-13(15(25)27)17(30-14(11)19(3,4)29-18)26-16(28)10-6-5-9(21)7-12(10)20(22,23)24;1-11(2)5-6-7(9(13)15)10(14)17-8(6)12(3,4)16-11;9-4-1-2-5(7(13)14)6(3-4)8(10,11)12;/h5-7H,8H2,1-4H3,(H2,25,27)(H,26,28);5,14H2,1-4H3,(H2,13,15);1-3H,(H,13,14);1H4. The molecular formula is C41H46F8N4O7S2. The SMILES string of the molecule is C.CC1(C)Cc2c(sc(N)c2C(N)=O)C(C)(C)O1.CC1(C)Cc2c(sc(NC(=O)c3ccc(F)cc3C(F)(F)F)c2C(N)=O)C(C)(C)O1.O=C(O)c1ccc(F)cc1C(F)(F)F. The first-order valence-corrected chi connectivity index (χ1v) is 19.6. The summed E-state index contributed by atoms with van der Waals surface area (Å²) in [6, 6.07) is 3.17. The highest BCUT2D eigenvalue weighted by molar-refractivity contribution is 7.17. The highest BCUT2D eigenvalue weighted by Crippen LogP contribution is 2.49. The van der Waals surface area contributed by atoms with E-state index in [0.717, 1.165) is 33.9 Å². The Bertz CT molecular complexity index is 2400. The summed E-state index contributed by atoms with van der Waals surface area (Å²) in [5, 5.41) is 11.3. The van der Waals surface area contributed by atoms with Gasteiger partial charge in [-0.1, -0.05) is 7.43 Å². The molecule has 0 saturated carbocycles. The van der Waals surface area contributed by atoms with Crippen LogP contribution >= 0.6 is 22.7 Å². The lowest BCUT2D eigenvalue weighted by atomic mass is 9.86. The maximum Gasteiger partial charge on any atom is 0.417 e. The van der Waals surface area contributed by atoms with Gasteiger partial charge in [0.05, 0.1) is 60.8 Å². The predicted octanol–water partition coefficient (Wildman–Crippen LogP) is 10.0. The summed E-state index contributed by atoms with van der Waals surface area (Å²) in [6.07, 6.45) is -8.80. The molecule has 8 N–H and O–H groups in total. The second kappa shape index (κ2) is 17.6. The molecule has 2 aromatic heterocycles. The van der Waals surface area contributed by atoms with Gasteiger partial charge in [-0.3, -0.25) is 14.4 Å². The molecule has 4 aromatic rings. The van der Waals surface area contributed by atoms with E-state index in [1.807, 2.05) is 41.5 Å². The molecule has 0 saturated heterocycles. The molecular weight excluding hydrogens is 877 g/mol. The molecule has 340 valence electrons. The van der Waals surface area contributed by atoms with E-state index in [4.69, 9.17) is 31.8 Å². The van der Waals surface area contributed by atoms with Gasteiger partial charge in [-0.2, -0.15) is 26.3 Å². The van der Waals surface area contributed by atoms with Crippen molar-refractivity contribution in [3.8, 4) is 0 Å². The van der Waals surface area contributed by atoms with Crippen LogP contribution in [-0.4, -0.2) is 40.0 Å². The van der Waals surface area contributed by atoms with E-state index >= 15 is 0 Å². The number of nitrogens with one attached hydrogen (secondary N) is 1. The predicted molar refractivity (Wildman–Crippen MR) is 218 cm³/mol. The van der Waals surface area contributed by atoms with Crippen molar-refractivity contribution in [3.63, 3.8) is 0 Å². The van der Waals surface area contributed by atoms with Crippen LogP contribution in [0.1, 0.15) is 136 Å². The van der Waals surface area contributed by atoms with E-state index in [1.165, 1.54) is 11.3 Å². The maximum atomic E-state index is 13.3. The average molecular weight is 923 g/mol. The lowest BCUT2D eigenvalue weighted by Gasteiger charge is -2.41. The molecule has 62 heavy (non-hydrogen) atoms. The van der Waals surface area contributed by atoms with Gasteiger partial charge in [-0.25, -0.2) is 13.6 Å². The van der Waals surface area contributed by atoms with Crippen LogP contribution in [0, 0.1) is 11.6 Å². The number of amides is 3. The van der Waals surface area contributed by atoms with Crippen LogP contribution in [0.15, 0.2) is 36.4 Å². The first kappa shape index (κ1) is 51.2. The normalized spacial score (nSPS) is 16.7. The Hall–Kier alpha value is -5.12. The summed E-state index contributed by atoms with van der Waals surface area (Å²) < 4.78 is 114. The Morgan fingerprint density at radius 1 is 0.677 bits per heavy atom. The topological polar surface area (TPSA) is 197 Å². The number of anilines is 2. The number of carboxylic acids is 1. The number of thiophene rings is 2. The number of aromatic carboxylic acids is 1. The highest BCUT2D eigenvalue weighted by Gasteiger charge is 2.45. The molecule has 6 rings (SSSR count). The van der Waals surface area contributed by atoms with Gasteiger partial charge in [-0.05, 0) is 103 Å². The Labute approximate surface area is 359 Å². The van der Waals surface area contributed by atoms with Gasteiger partial charge >= 0.3 is 18.3 Å². The molecule has 0 spiro atoms. The minimum Gasteiger partial charge on any atom is -0.478 e. The number of hydrogen-bond acceptors (Lipinski definition) is 9. The molecule has 4 heterocycles. The summed E-state index contributed by atoms with van der Waals surface area (Å²) in [4.78, 5) is 48.3. The number of nitrogens with two attached hydrogens (primary N) is 3. The fraction of sp³-hybridized carbons (Fsp3) is 0.415. The molecule has 2 aromatic carbocycles. The van der Waals surface area contributed by atoms with Crippen LogP contribution in [-0.2, 0) is 45.9 Å². The molecule has 0 radical (unpaired) electrons. The fourth-order valence-corrected chi connectivity index (χ4v) is 9.72. The number of carbonyl (C=O) groups excluding carboxylic acids is 3. The number of alkyl halides is 6. The van der Waals surface area contributed by atoms with Crippen LogP contribution in [0.25, 0.3) is 0 Å². The van der Waals surface area contributed by atoms with E-state index in [2.05, 4.69) is 5.32 Å². The smallest absolute Gasteiger partial charge is 0.417 e. The molecule has 0 aliphatic carbocycles. The number of nitrogen functional groups attached to an aromatic ring is 1. The number of hydrogen-bond donors (Lipinski definition) is 5. The third-order valence-electron chi connectivity index (χ3n) is 9.17. The molecule has 21 heteroatoms. The number of carboxylic acid groups (broad SMARTS) is 1. The number of fused-ring (bicyclic) bond motifs is 2. The van der Waals surface area contributed by atoms with Gasteiger partial charge in [-0.15, -0.1) is 22.7 Å². The summed E-state index contributed by atoms with van der Waals surface area (Å²) in [5.41, 5.74) is 12.1. The number of halogens is 8. The van der Waals surface area contributed by atoms with Crippen molar-refractivity contribution in [1.29, 1.82) is 0 Å². The largest absolute Gasteiger partial charge is 0.478 e. The minimum absolute atomic E-state index is 0. The first-order valence-electron chi connectivity index (χ1n) is 17.9. The van der Waals surface area contributed by atoms with E-state index in [1.54, 1.807) is 13.8 Å². The van der Waals surface area contributed by atoms with Crippen LogP contribution in [0.3, 0.4) is 0 Å². The van der Waals surface area contributed by atoms with Crippen molar-refractivity contribution in [2.24, 2.45) is 11.5 Å². The zero-order chi connectivity index (χ0) is 46.6.